The van der Waals surface area contributed by atoms with E-state index in [9.17, 15) is 22.4 Å². The van der Waals surface area contributed by atoms with E-state index in [0.29, 0.717) is 38.3 Å². The number of carbonyl (C=O) groups excluding carboxylic acids is 1. The maximum atomic E-state index is 13.4. The second-order valence-electron chi connectivity index (χ2n) is 6.56. The van der Waals surface area contributed by atoms with Crippen LogP contribution < -0.4 is 5.32 Å². The number of benzene rings is 1. The van der Waals surface area contributed by atoms with Crippen LogP contribution in [0.4, 0.5) is 28.0 Å². The highest BCUT2D eigenvalue weighted by atomic mass is 19.4. The van der Waals surface area contributed by atoms with Crippen molar-refractivity contribution in [3.8, 4) is 0 Å². The van der Waals surface area contributed by atoms with Crippen molar-refractivity contribution in [1.82, 2.24) is 14.8 Å². The average Bonchev–Trinajstić information content (AvgIpc) is 2.89. The number of nitrogens with one attached hydrogen (secondary N) is 1. The Morgan fingerprint density at radius 3 is 2.64 bits per heavy atom. The molecule has 1 N–H and O–H groups in total. The number of anilines is 1. The van der Waals surface area contributed by atoms with Gasteiger partial charge in [0.15, 0.2) is 0 Å². The molecule has 1 aliphatic heterocycles. The molecule has 1 aliphatic rings. The van der Waals surface area contributed by atoms with E-state index in [4.69, 9.17) is 0 Å². The van der Waals surface area contributed by atoms with Crippen molar-refractivity contribution in [1.29, 1.82) is 0 Å². The molecular formula is C19H20F4N4O. The monoisotopic (exact) mass is 396 g/mol. The Kier molecular flexibility index (Phi) is 6.13. The Labute approximate surface area is 160 Å². The number of rotatable bonds is 3. The second-order valence-corrected chi connectivity index (χ2v) is 6.56. The van der Waals surface area contributed by atoms with Gasteiger partial charge in [0, 0.05) is 44.6 Å². The highest BCUT2D eigenvalue weighted by Crippen LogP contribution is 2.33. The number of carbonyl (C=O) groups is 1. The molecule has 28 heavy (non-hydrogen) atoms. The maximum absolute atomic E-state index is 13.4. The third-order valence-corrected chi connectivity index (χ3v) is 4.51. The van der Waals surface area contributed by atoms with Crippen molar-refractivity contribution >= 4 is 11.7 Å². The lowest BCUT2D eigenvalue weighted by atomic mass is 10.2. The molecule has 1 aromatic carbocycles. The smallest absolute Gasteiger partial charge is 0.323 e. The molecule has 9 heteroatoms. The Bertz CT molecular complexity index is 813. The first-order valence-corrected chi connectivity index (χ1v) is 8.88. The molecule has 150 valence electrons. The van der Waals surface area contributed by atoms with Crippen LogP contribution in [-0.2, 0) is 12.7 Å². The zero-order chi connectivity index (χ0) is 20.1. The molecule has 0 unspecified atom stereocenters. The van der Waals surface area contributed by atoms with E-state index in [1.54, 1.807) is 11.1 Å². The van der Waals surface area contributed by atoms with E-state index in [0.717, 1.165) is 24.7 Å². The third-order valence-electron chi connectivity index (χ3n) is 4.51. The number of amides is 2. The van der Waals surface area contributed by atoms with Crippen LogP contribution in [0, 0.1) is 5.82 Å². The predicted octanol–water partition coefficient (Wildman–Crippen LogP) is 3.98. The first-order chi connectivity index (χ1) is 13.3. The summed E-state index contributed by atoms with van der Waals surface area (Å²) in [5, 5.41) is 2.43. The molecule has 1 aromatic heterocycles. The summed E-state index contributed by atoms with van der Waals surface area (Å²) in [5.41, 5.74) is -0.553. The van der Waals surface area contributed by atoms with Crippen LogP contribution >= 0.6 is 0 Å². The third kappa shape index (κ3) is 5.19. The molecular weight excluding hydrogens is 376 g/mol. The molecule has 5 nitrogen and oxygen atoms in total. The van der Waals surface area contributed by atoms with Gasteiger partial charge in [-0.05, 0) is 36.8 Å². The van der Waals surface area contributed by atoms with Gasteiger partial charge < -0.3 is 10.2 Å². The van der Waals surface area contributed by atoms with Gasteiger partial charge in [-0.1, -0.05) is 6.07 Å². The number of hydrogen-bond donors (Lipinski definition) is 1. The van der Waals surface area contributed by atoms with Gasteiger partial charge in [0.25, 0.3) is 0 Å². The Morgan fingerprint density at radius 2 is 1.93 bits per heavy atom. The fourth-order valence-corrected chi connectivity index (χ4v) is 3.08. The topological polar surface area (TPSA) is 48.5 Å². The molecule has 1 saturated heterocycles. The Hall–Kier alpha value is -2.68. The molecule has 0 bridgehead atoms. The zero-order valence-electron chi connectivity index (χ0n) is 15.0. The molecule has 1 fully saturated rings. The fourth-order valence-electron chi connectivity index (χ4n) is 3.08. The van der Waals surface area contributed by atoms with Crippen molar-refractivity contribution in [3.05, 3.63) is 59.7 Å². The number of urea groups is 1. The van der Waals surface area contributed by atoms with Gasteiger partial charge in [-0.2, -0.15) is 13.2 Å². The van der Waals surface area contributed by atoms with Gasteiger partial charge in [-0.3, -0.25) is 9.88 Å². The van der Waals surface area contributed by atoms with Crippen LogP contribution in [0.25, 0.3) is 0 Å². The van der Waals surface area contributed by atoms with Crippen LogP contribution in [0.1, 0.15) is 17.7 Å². The van der Waals surface area contributed by atoms with Gasteiger partial charge >= 0.3 is 12.2 Å². The first kappa shape index (κ1) is 20.1. The molecule has 0 atom stereocenters. The molecule has 0 aliphatic carbocycles. The summed E-state index contributed by atoms with van der Waals surface area (Å²) in [6.45, 7) is 3.00. The quantitative estimate of drug-likeness (QED) is 0.799. The van der Waals surface area contributed by atoms with Crippen LogP contribution in [-0.4, -0.2) is 47.0 Å². The van der Waals surface area contributed by atoms with Crippen molar-refractivity contribution < 1.29 is 22.4 Å². The van der Waals surface area contributed by atoms with Gasteiger partial charge in [0.2, 0.25) is 0 Å². The van der Waals surface area contributed by atoms with Gasteiger partial charge in [-0.25, -0.2) is 9.18 Å². The van der Waals surface area contributed by atoms with Crippen molar-refractivity contribution in [2.24, 2.45) is 0 Å². The minimum atomic E-state index is -4.82. The van der Waals surface area contributed by atoms with Gasteiger partial charge in [0.05, 0.1) is 11.3 Å². The standard InChI is InChI=1S/C19H20F4N4O/c20-17-6-5-14(12-16(17)19(21,22)23)25-18(28)27-9-3-8-26(10-11-27)13-15-4-1-2-7-24-15/h1-2,4-7,12H,3,8-11,13H2,(H,25,28). The lowest BCUT2D eigenvalue weighted by molar-refractivity contribution is -0.139. The number of halogens is 4. The van der Waals surface area contributed by atoms with E-state index < -0.39 is 23.6 Å². The van der Waals surface area contributed by atoms with E-state index >= 15 is 0 Å². The summed E-state index contributed by atoms with van der Waals surface area (Å²) in [7, 11) is 0. The van der Waals surface area contributed by atoms with Crippen LogP contribution in [0.3, 0.4) is 0 Å². The lowest BCUT2D eigenvalue weighted by Crippen LogP contribution is -2.38. The average molecular weight is 396 g/mol. The molecule has 2 aromatic rings. The summed E-state index contributed by atoms with van der Waals surface area (Å²) < 4.78 is 51.8. The Balaban J connectivity index is 1.59. The largest absolute Gasteiger partial charge is 0.419 e. The van der Waals surface area contributed by atoms with Crippen molar-refractivity contribution in [3.63, 3.8) is 0 Å². The molecule has 0 radical (unpaired) electrons. The van der Waals surface area contributed by atoms with Gasteiger partial charge in [-0.15, -0.1) is 0 Å². The predicted molar refractivity (Wildman–Crippen MR) is 96.1 cm³/mol. The SMILES string of the molecule is O=C(Nc1ccc(F)c(C(F)(F)F)c1)N1CCCN(Cc2ccccn2)CC1. The minimum absolute atomic E-state index is 0.0895. The van der Waals surface area contributed by atoms with Crippen LogP contribution in [0.15, 0.2) is 42.6 Å². The van der Waals surface area contributed by atoms with E-state index in [1.165, 1.54) is 0 Å². The summed E-state index contributed by atoms with van der Waals surface area (Å²) >= 11 is 0. The summed E-state index contributed by atoms with van der Waals surface area (Å²) in [4.78, 5) is 20.5. The number of hydrogen-bond acceptors (Lipinski definition) is 3. The second kappa shape index (κ2) is 8.55. The summed E-state index contributed by atoms with van der Waals surface area (Å²) in [6, 6.07) is 7.62. The number of nitrogens with zero attached hydrogens (tertiary/aromatic N) is 3. The van der Waals surface area contributed by atoms with Gasteiger partial charge in [0.1, 0.15) is 5.82 Å². The number of pyridine rings is 1. The highest BCUT2D eigenvalue weighted by Gasteiger charge is 2.34. The number of aromatic nitrogens is 1. The van der Waals surface area contributed by atoms with Crippen LogP contribution in [0.5, 0.6) is 0 Å². The highest BCUT2D eigenvalue weighted by molar-refractivity contribution is 5.89. The van der Waals surface area contributed by atoms with E-state index in [-0.39, 0.29) is 5.69 Å². The number of alkyl halides is 3. The molecule has 0 spiro atoms. The molecule has 2 amide bonds. The van der Waals surface area contributed by atoms with E-state index in [1.807, 2.05) is 18.2 Å². The first-order valence-electron chi connectivity index (χ1n) is 8.88. The Morgan fingerprint density at radius 1 is 1.11 bits per heavy atom. The minimum Gasteiger partial charge on any atom is -0.323 e. The summed E-state index contributed by atoms with van der Waals surface area (Å²) in [5.74, 6) is -1.37. The normalized spacial score (nSPS) is 15.9. The fraction of sp³-hybridized carbons (Fsp3) is 0.368. The zero-order valence-corrected chi connectivity index (χ0v) is 15.0. The maximum Gasteiger partial charge on any atom is 0.419 e. The lowest BCUT2D eigenvalue weighted by Gasteiger charge is -2.22. The van der Waals surface area contributed by atoms with Crippen molar-refractivity contribution in [2.45, 2.75) is 19.1 Å². The molecule has 2 heterocycles. The molecule has 0 saturated carbocycles. The summed E-state index contributed by atoms with van der Waals surface area (Å²) in [6.07, 6.45) is -2.36. The molecule has 3 rings (SSSR count). The van der Waals surface area contributed by atoms with E-state index in [2.05, 4.69) is 15.2 Å². The van der Waals surface area contributed by atoms with Crippen LogP contribution in [0.2, 0.25) is 0 Å². The van der Waals surface area contributed by atoms with Crippen molar-refractivity contribution in [2.75, 3.05) is 31.5 Å².